The number of aromatic hydroxyl groups is 1. The number of nitrogens with zero attached hydrogens (tertiary/aromatic N) is 2. The van der Waals surface area contributed by atoms with Gasteiger partial charge >= 0.3 is 6.03 Å². The van der Waals surface area contributed by atoms with Crippen LogP contribution in [-0.2, 0) is 0 Å². The summed E-state index contributed by atoms with van der Waals surface area (Å²) < 4.78 is 4.92. The van der Waals surface area contributed by atoms with Crippen molar-refractivity contribution in [2.45, 2.75) is 26.8 Å². The third-order valence-electron chi connectivity index (χ3n) is 3.28. The first-order chi connectivity index (χ1) is 10.0. The molecular weight excluding hydrogens is 270 g/mol. The van der Waals surface area contributed by atoms with Crippen LogP contribution in [0.2, 0.25) is 0 Å². The molecule has 2 N–H and O–H groups in total. The Labute approximate surface area is 123 Å². The number of carbonyl (C=O) groups is 1. The monoisotopic (exact) mass is 289 g/mol. The predicted molar refractivity (Wildman–Crippen MR) is 79.2 cm³/mol. The van der Waals surface area contributed by atoms with Gasteiger partial charge < -0.3 is 14.5 Å². The fourth-order valence-electron chi connectivity index (χ4n) is 2.16. The maximum Gasteiger partial charge on any atom is 0.323 e. The maximum absolute atomic E-state index is 12.3. The zero-order valence-electron chi connectivity index (χ0n) is 12.3. The molecule has 6 heteroatoms. The van der Waals surface area contributed by atoms with E-state index >= 15 is 0 Å². The van der Waals surface area contributed by atoms with E-state index < -0.39 is 0 Å². The van der Waals surface area contributed by atoms with Crippen LogP contribution in [0.1, 0.15) is 31.2 Å². The Morgan fingerprint density at radius 2 is 2.24 bits per heavy atom. The first-order valence-corrected chi connectivity index (χ1v) is 6.81. The average molecular weight is 289 g/mol. The molecule has 6 nitrogen and oxygen atoms in total. The van der Waals surface area contributed by atoms with E-state index in [-0.39, 0.29) is 17.8 Å². The van der Waals surface area contributed by atoms with Gasteiger partial charge in [0.25, 0.3) is 0 Å². The molecule has 1 aromatic carbocycles. The number of anilines is 1. The first kappa shape index (κ1) is 14.9. The topological polar surface area (TPSA) is 78.6 Å². The molecule has 1 aromatic heterocycles. The largest absolute Gasteiger partial charge is 0.508 e. The van der Waals surface area contributed by atoms with Crippen LogP contribution in [0.3, 0.4) is 0 Å². The van der Waals surface area contributed by atoms with Crippen LogP contribution >= 0.6 is 0 Å². The van der Waals surface area contributed by atoms with Crippen LogP contribution in [0.5, 0.6) is 5.75 Å². The lowest BCUT2D eigenvalue weighted by Gasteiger charge is -2.28. The second kappa shape index (κ2) is 6.30. The number of hydrogen-bond acceptors (Lipinski definition) is 4. The lowest BCUT2D eigenvalue weighted by Crippen LogP contribution is -2.36. The minimum Gasteiger partial charge on any atom is -0.508 e. The zero-order valence-corrected chi connectivity index (χ0v) is 12.3. The minimum absolute atomic E-state index is 0.171. The van der Waals surface area contributed by atoms with Gasteiger partial charge in [-0.2, -0.15) is 0 Å². The van der Waals surface area contributed by atoms with Crippen LogP contribution in [-0.4, -0.2) is 27.7 Å². The molecule has 0 saturated carbocycles. The molecule has 21 heavy (non-hydrogen) atoms. The quantitative estimate of drug-likeness (QED) is 0.905. The summed E-state index contributed by atoms with van der Waals surface area (Å²) in [7, 11) is 0. The third-order valence-corrected chi connectivity index (χ3v) is 3.28. The van der Waals surface area contributed by atoms with E-state index in [9.17, 15) is 9.90 Å². The molecule has 0 spiro atoms. The zero-order chi connectivity index (χ0) is 15.4. The highest BCUT2D eigenvalue weighted by Crippen LogP contribution is 2.24. The van der Waals surface area contributed by atoms with Crippen molar-refractivity contribution in [2.75, 3.05) is 11.9 Å². The lowest BCUT2D eigenvalue weighted by atomic mass is 10.1. The van der Waals surface area contributed by atoms with Gasteiger partial charge in [-0.1, -0.05) is 17.3 Å². The maximum atomic E-state index is 12.3. The Kier molecular flexibility index (Phi) is 4.47. The fraction of sp³-hybridized carbons (Fsp3) is 0.333. The van der Waals surface area contributed by atoms with Gasteiger partial charge in [0.15, 0.2) is 5.82 Å². The number of rotatable bonds is 4. The molecule has 2 rings (SSSR count). The van der Waals surface area contributed by atoms with Crippen molar-refractivity contribution < 1.29 is 14.4 Å². The number of aromatic nitrogens is 1. The molecule has 0 fully saturated rings. The Balaban J connectivity index is 2.12. The van der Waals surface area contributed by atoms with Gasteiger partial charge in [0.2, 0.25) is 0 Å². The van der Waals surface area contributed by atoms with E-state index in [2.05, 4.69) is 10.5 Å². The number of phenols is 1. The van der Waals surface area contributed by atoms with Crippen molar-refractivity contribution >= 4 is 11.8 Å². The van der Waals surface area contributed by atoms with Crippen molar-refractivity contribution in [2.24, 2.45) is 0 Å². The molecule has 0 aliphatic heterocycles. The Hall–Kier alpha value is -2.50. The molecule has 1 heterocycles. The second-order valence-electron chi connectivity index (χ2n) is 4.81. The standard InChI is InChI=1S/C15H19N3O3/c1-4-18(11(3)12-6-5-7-13(19)9-12)15(20)16-14-8-10(2)21-17-14/h5-9,11,19H,4H2,1-3H3,(H,16,17,20)/t11-/m1/s1. The average Bonchev–Trinajstić information content (AvgIpc) is 2.84. The summed E-state index contributed by atoms with van der Waals surface area (Å²) in [6, 6.07) is 8.11. The predicted octanol–water partition coefficient (Wildman–Crippen LogP) is 3.30. The molecule has 0 bridgehead atoms. The highest BCUT2D eigenvalue weighted by Gasteiger charge is 2.21. The van der Waals surface area contributed by atoms with Gasteiger partial charge in [0.05, 0.1) is 6.04 Å². The summed E-state index contributed by atoms with van der Waals surface area (Å²) in [5.41, 5.74) is 0.864. The van der Waals surface area contributed by atoms with Crippen molar-refractivity contribution in [3.05, 3.63) is 41.7 Å². The fourth-order valence-corrected chi connectivity index (χ4v) is 2.16. The molecule has 0 radical (unpaired) electrons. The molecule has 112 valence electrons. The molecule has 0 saturated heterocycles. The molecular formula is C15H19N3O3. The van der Waals surface area contributed by atoms with Gasteiger partial charge in [-0.3, -0.25) is 5.32 Å². The van der Waals surface area contributed by atoms with E-state index in [1.807, 2.05) is 19.9 Å². The van der Waals surface area contributed by atoms with Crippen LogP contribution < -0.4 is 5.32 Å². The number of hydrogen-bond donors (Lipinski definition) is 2. The van der Waals surface area contributed by atoms with Crippen molar-refractivity contribution in [3.63, 3.8) is 0 Å². The van der Waals surface area contributed by atoms with Gasteiger partial charge in [0, 0.05) is 12.6 Å². The molecule has 1 atom stereocenters. The molecule has 2 aromatic rings. The molecule has 0 aliphatic carbocycles. The van der Waals surface area contributed by atoms with Crippen LogP contribution in [0.15, 0.2) is 34.9 Å². The van der Waals surface area contributed by atoms with Gasteiger partial charge in [-0.15, -0.1) is 0 Å². The van der Waals surface area contributed by atoms with Crippen LogP contribution in [0.4, 0.5) is 10.6 Å². The van der Waals surface area contributed by atoms with E-state index in [1.165, 1.54) is 0 Å². The summed E-state index contributed by atoms with van der Waals surface area (Å²) in [6.45, 7) is 6.09. The SMILES string of the molecule is CCN(C(=O)Nc1cc(C)on1)[C@H](C)c1cccc(O)c1. The number of carbonyl (C=O) groups excluding carboxylic acids is 1. The number of aryl methyl sites for hydroxylation is 1. The van der Waals surface area contributed by atoms with Gasteiger partial charge in [0.1, 0.15) is 11.5 Å². The van der Waals surface area contributed by atoms with Crippen LogP contribution in [0.25, 0.3) is 0 Å². The van der Waals surface area contributed by atoms with Gasteiger partial charge in [-0.05, 0) is 38.5 Å². The molecule has 2 amide bonds. The van der Waals surface area contributed by atoms with Crippen molar-refractivity contribution in [3.8, 4) is 5.75 Å². The Morgan fingerprint density at radius 3 is 2.81 bits per heavy atom. The summed E-state index contributed by atoms with van der Waals surface area (Å²) in [5, 5.41) is 16.0. The number of nitrogens with one attached hydrogen (secondary N) is 1. The Bertz CT molecular complexity index is 624. The normalized spacial score (nSPS) is 12.0. The van der Waals surface area contributed by atoms with E-state index in [1.54, 1.807) is 36.1 Å². The van der Waals surface area contributed by atoms with E-state index in [0.717, 1.165) is 5.56 Å². The van der Waals surface area contributed by atoms with Crippen molar-refractivity contribution in [1.82, 2.24) is 10.1 Å². The highest BCUT2D eigenvalue weighted by molar-refractivity contribution is 5.88. The summed E-state index contributed by atoms with van der Waals surface area (Å²) in [4.78, 5) is 14.0. The number of phenolic OH excluding ortho intramolecular Hbond substituents is 1. The molecule has 0 unspecified atom stereocenters. The minimum atomic E-state index is -0.262. The number of benzene rings is 1. The van der Waals surface area contributed by atoms with E-state index in [0.29, 0.717) is 18.1 Å². The Morgan fingerprint density at radius 1 is 1.48 bits per heavy atom. The lowest BCUT2D eigenvalue weighted by molar-refractivity contribution is 0.196. The van der Waals surface area contributed by atoms with E-state index in [4.69, 9.17) is 4.52 Å². The second-order valence-corrected chi connectivity index (χ2v) is 4.81. The first-order valence-electron chi connectivity index (χ1n) is 6.81. The summed E-state index contributed by atoms with van der Waals surface area (Å²) in [5.74, 6) is 1.20. The number of amides is 2. The highest BCUT2D eigenvalue weighted by atomic mass is 16.5. The smallest absolute Gasteiger partial charge is 0.323 e. The number of urea groups is 1. The van der Waals surface area contributed by atoms with Crippen molar-refractivity contribution in [1.29, 1.82) is 0 Å². The molecule has 0 aliphatic rings. The third kappa shape index (κ3) is 3.53. The summed E-state index contributed by atoms with van der Waals surface area (Å²) >= 11 is 0. The van der Waals surface area contributed by atoms with Gasteiger partial charge in [-0.25, -0.2) is 4.79 Å². The van der Waals surface area contributed by atoms with Crippen LogP contribution in [0, 0.1) is 6.92 Å². The summed E-state index contributed by atoms with van der Waals surface area (Å²) in [6.07, 6.45) is 0.